The molecule has 2 atom stereocenters. The van der Waals surface area contributed by atoms with Crippen LogP contribution in [0.25, 0.3) is 0 Å². The molecule has 1 aromatic heterocycles. The van der Waals surface area contributed by atoms with Gasteiger partial charge in [0.1, 0.15) is 17.5 Å². The van der Waals surface area contributed by atoms with Gasteiger partial charge >= 0.3 is 0 Å². The Labute approximate surface area is 114 Å². The van der Waals surface area contributed by atoms with Crippen LogP contribution in [-0.2, 0) is 0 Å². The third-order valence-corrected chi connectivity index (χ3v) is 4.44. The van der Waals surface area contributed by atoms with Crippen LogP contribution in [0.3, 0.4) is 0 Å². The summed E-state index contributed by atoms with van der Waals surface area (Å²) < 4.78 is 0. The summed E-state index contributed by atoms with van der Waals surface area (Å²) in [6.07, 6.45) is 4.16. The van der Waals surface area contributed by atoms with Crippen LogP contribution >= 0.6 is 0 Å². The number of nitrogens with two attached hydrogens (primary N) is 1. The molecular weight excluding hydrogens is 238 g/mol. The molecule has 1 aliphatic carbocycles. The van der Waals surface area contributed by atoms with Gasteiger partial charge in [-0.3, -0.25) is 0 Å². The molecule has 0 amide bonds. The highest BCUT2D eigenvalue weighted by molar-refractivity contribution is 5.50. The maximum Gasteiger partial charge on any atom is 0.145 e. The van der Waals surface area contributed by atoms with Crippen molar-refractivity contribution in [1.29, 1.82) is 0 Å². The molecule has 0 aromatic carbocycles. The molecule has 5 heteroatoms. The van der Waals surface area contributed by atoms with Crippen LogP contribution < -0.4 is 16.2 Å². The second kappa shape index (κ2) is 4.96. The maximum absolute atomic E-state index is 5.52. The molecule has 3 rings (SSSR count). The van der Waals surface area contributed by atoms with Crippen molar-refractivity contribution in [3.8, 4) is 0 Å². The lowest BCUT2D eigenvalue weighted by Crippen LogP contribution is -2.23. The summed E-state index contributed by atoms with van der Waals surface area (Å²) in [7, 11) is 0. The molecule has 1 aliphatic heterocycles. The van der Waals surface area contributed by atoms with Crippen LogP contribution in [0.1, 0.15) is 44.9 Å². The van der Waals surface area contributed by atoms with Gasteiger partial charge in [0.05, 0.1) is 0 Å². The second-order valence-electron chi connectivity index (χ2n) is 6.12. The quantitative estimate of drug-likeness (QED) is 0.644. The highest BCUT2D eigenvalue weighted by Gasteiger charge is 2.36. The van der Waals surface area contributed by atoms with Crippen molar-refractivity contribution in [2.24, 2.45) is 17.7 Å². The topological polar surface area (TPSA) is 67.1 Å². The van der Waals surface area contributed by atoms with Gasteiger partial charge in [0, 0.05) is 25.1 Å². The van der Waals surface area contributed by atoms with Crippen LogP contribution in [0, 0.1) is 11.8 Å². The van der Waals surface area contributed by atoms with E-state index in [1.807, 2.05) is 6.07 Å². The minimum Gasteiger partial charge on any atom is -0.356 e. The summed E-state index contributed by atoms with van der Waals surface area (Å²) in [5.41, 5.74) is 2.66. The van der Waals surface area contributed by atoms with E-state index in [2.05, 4.69) is 29.2 Å². The van der Waals surface area contributed by atoms with Gasteiger partial charge < -0.3 is 10.3 Å². The monoisotopic (exact) mass is 261 g/mol. The highest BCUT2D eigenvalue weighted by Crippen LogP contribution is 2.39. The number of fused-ring (bicyclic) bond motifs is 1. The molecule has 2 fully saturated rings. The minimum absolute atomic E-state index is 0.314. The predicted octanol–water partition coefficient (Wildman–Crippen LogP) is 2.12. The number of nitrogen functional groups attached to an aromatic ring is 1. The standard InChI is InChI=1S/C14H23N5/c1-9(2)14-16-12(18-15)6-13(17-14)19-7-10-4-3-5-11(10)8-19/h6,9-11H,3-5,7-8,15H2,1-2H3,(H,16,17,18). The predicted molar refractivity (Wildman–Crippen MR) is 77.0 cm³/mol. The van der Waals surface area contributed by atoms with Crippen molar-refractivity contribution >= 4 is 11.6 Å². The third-order valence-electron chi connectivity index (χ3n) is 4.44. The Morgan fingerprint density at radius 2 is 1.95 bits per heavy atom. The van der Waals surface area contributed by atoms with Crippen molar-refractivity contribution in [2.75, 3.05) is 23.4 Å². The van der Waals surface area contributed by atoms with Crippen LogP contribution in [0.2, 0.25) is 0 Å². The minimum atomic E-state index is 0.314. The van der Waals surface area contributed by atoms with Crippen molar-refractivity contribution in [2.45, 2.75) is 39.0 Å². The number of hydrogen-bond acceptors (Lipinski definition) is 5. The molecule has 2 heterocycles. The fraction of sp³-hybridized carbons (Fsp3) is 0.714. The smallest absolute Gasteiger partial charge is 0.145 e. The fourth-order valence-electron chi connectivity index (χ4n) is 3.37. The Kier molecular flexibility index (Phi) is 3.31. The van der Waals surface area contributed by atoms with Gasteiger partial charge in [-0.1, -0.05) is 20.3 Å². The van der Waals surface area contributed by atoms with Gasteiger partial charge in [-0.05, 0) is 24.7 Å². The zero-order chi connectivity index (χ0) is 13.4. The number of anilines is 2. The van der Waals surface area contributed by atoms with E-state index >= 15 is 0 Å². The molecule has 0 spiro atoms. The van der Waals surface area contributed by atoms with Crippen LogP contribution in [-0.4, -0.2) is 23.1 Å². The molecular formula is C14H23N5. The van der Waals surface area contributed by atoms with Gasteiger partial charge in [-0.2, -0.15) is 0 Å². The third kappa shape index (κ3) is 2.39. The molecule has 1 saturated carbocycles. The summed E-state index contributed by atoms with van der Waals surface area (Å²) in [4.78, 5) is 11.5. The summed E-state index contributed by atoms with van der Waals surface area (Å²) >= 11 is 0. The van der Waals surface area contributed by atoms with Crippen molar-refractivity contribution in [3.05, 3.63) is 11.9 Å². The SMILES string of the molecule is CC(C)c1nc(NN)cc(N2CC3CCCC3C2)n1. The number of nitrogens with zero attached hydrogens (tertiary/aromatic N) is 3. The van der Waals surface area contributed by atoms with Crippen LogP contribution in [0.15, 0.2) is 6.07 Å². The van der Waals surface area contributed by atoms with Crippen molar-refractivity contribution in [3.63, 3.8) is 0 Å². The van der Waals surface area contributed by atoms with Crippen molar-refractivity contribution < 1.29 is 0 Å². The molecule has 1 aromatic rings. The van der Waals surface area contributed by atoms with E-state index in [1.54, 1.807) is 0 Å². The van der Waals surface area contributed by atoms with E-state index in [4.69, 9.17) is 10.8 Å². The number of nitrogens with one attached hydrogen (secondary N) is 1. The second-order valence-corrected chi connectivity index (χ2v) is 6.12. The van der Waals surface area contributed by atoms with E-state index in [0.717, 1.165) is 36.6 Å². The first-order valence-electron chi connectivity index (χ1n) is 7.28. The first kappa shape index (κ1) is 12.7. The average molecular weight is 261 g/mol. The zero-order valence-electron chi connectivity index (χ0n) is 11.8. The van der Waals surface area contributed by atoms with E-state index in [0.29, 0.717) is 11.7 Å². The summed E-state index contributed by atoms with van der Waals surface area (Å²) in [6, 6.07) is 1.97. The Bertz CT molecular complexity index is 447. The Balaban J connectivity index is 1.86. The highest BCUT2D eigenvalue weighted by atomic mass is 15.3. The lowest BCUT2D eigenvalue weighted by atomic mass is 10.0. The molecule has 104 valence electrons. The molecule has 1 saturated heterocycles. The summed E-state index contributed by atoms with van der Waals surface area (Å²) in [5.74, 6) is 10.2. The normalized spacial score (nSPS) is 26.0. The van der Waals surface area contributed by atoms with E-state index < -0.39 is 0 Å². The zero-order valence-corrected chi connectivity index (χ0v) is 11.8. The average Bonchev–Trinajstić information content (AvgIpc) is 2.98. The van der Waals surface area contributed by atoms with Gasteiger partial charge in [0.25, 0.3) is 0 Å². The summed E-state index contributed by atoms with van der Waals surface area (Å²) in [5, 5.41) is 0. The molecule has 0 bridgehead atoms. The van der Waals surface area contributed by atoms with E-state index in [-0.39, 0.29) is 0 Å². The lowest BCUT2D eigenvalue weighted by Gasteiger charge is -2.20. The van der Waals surface area contributed by atoms with Gasteiger partial charge in [-0.15, -0.1) is 0 Å². The molecule has 2 aliphatic rings. The first-order chi connectivity index (χ1) is 9.17. The number of aromatic nitrogens is 2. The van der Waals surface area contributed by atoms with Crippen molar-refractivity contribution in [1.82, 2.24) is 9.97 Å². The number of hydrogen-bond donors (Lipinski definition) is 2. The maximum atomic E-state index is 5.52. The molecule has 3 N–H and O–H groups in total. The molecule has 19 heavy (non-hydrogen) atoms. The molecule has 5 nitrogen and oxygen atoms in total. The largest absolute Gasteiger partial charge is 0.356 e. The fourth-order valence-corrected chi connectivity index (χ4v) is 3.37. The van der Waals surface area contributed by atoms with Gasteiger partial charge in [0.15, 0.2) is 0 Å². The van der Waals surface area contributed by atoms with E-state index in [9.17, 15) is 0 Å². The van der Waals surface area contributed by atoms with Crippen LogP contribution in [0.5, 0.6) is 0 Å². The number of rotatable bonds is 3. The Morgan fingerprint density at radius 1 is 1.26 bits per heavy atom. The summed E-state index contributed by atoms with van der Waals surface area (Å²) in [6.45, 7) is 6.50. The Hall–Kier alpha value is -1.36. The Morgan fingerprint density at radius 3 is 2.53 bits per heavy atom. The molecule has 0 radical (unpaired) electrons. The van der Waals surface area contributed by atoms with Gasteiger partial charge in [-0.25, -0.2) is 15.8 Å². The van der Waals surface area contributed by atoms with Crippen LogP contribution in [0.4, 0.5) is 11.6 Å². The first-order valence-corrected chi connectivity index (χ1v) is 7.28. The lowest BCUT2D eigenvalue weighted by molar-refractivity contribution is 0.494. The van der Waals surface area contributed by atoms with Gasteiger partial charge in [0.2, 0.25) is 0 Å². The number of hydrazine groups is 1. The van der Waals surface area contributed by atoms with E-state index in [1.165, 1.54) is 19.3 Å². The molecule has 2 unspecified atom stereocenters.